The minimum absolute atomic E-state index is 0.126. The molecular weight excluding hydrogens is 755 g/mol. The molecule has 4 heteroatoms. The zero-order valence-corrected chi connectivity index (χ0v) is 35.5. The number of pyridine rings is 1. The number of hydrogen-bond acceptors (Lipinski definition) is 3. The summed E-state index contributed by atoms with van der Waals surface area (Å²) in [6.45, 7) is 0.424. The van der Waals surface area contributed by atoms with Crippen LogP contribution in [0.4, 0.5) is 0 Å². The Morgan fingerprint density at radius 3 is 1.89 bits per heavy atom. The van der Waals surface area contributed by atoms with Crippen LogP contribution in [0.25, 0.3) is 83.9 Å². The molecule has 0 saturated heterocycles. The van der Waals surface area contributed by atoms with Crippen LogP contribution < -0.4 is 0 Å². The number of para-hydroxylation sites is 1. The molecule has 0 bridgehead atoms. The van der Waals surface area contributed by atoms with Crippen molar-refractivity contribution in [2.75, 3.05) is 0 Å². The van der Waals surface area contributed by atoms with Gasteiger partial charge >= 0.3 is 0 Å². The van der Waals surface area contributed by atoms with Crippen molar-refractivity contribution in [2.24, 2.45) is 0 Å². The highest BCUT2D eigenvalue weighted by atomic mass is 16.3. The van der Waals surface area contributed by atoms with Crippen molar-refractivity contribution in [3.05, 3.63) is 192 Å². The Hall–Kier alpha value is -7.04. The van der Waals surface area contributed by atoms with Gasteiger partial charge in [-0.2, -0.15) is 0 Å². The predicted octanol–water partition coefficient (Wildman–Crippen LogP) is 15.3. The van der Waals surface area contributed by atoms with E-state index in [0.717, 1.165) is 66.8 Å². The second-order valence-electron chi connectivity index (χ2n) is 17.2. The largest absolute Gasteiger partial charge is 0.507 e. The second-order valence-corrected chi connectivity index (χ2v) is 17.2. The highest BCUT2D eigenvalue weighted by Crippen LogP contribution is 2.43. The van der Waals surface area contributed by atoms with Gasteiger partial charge in [0.2, 0.25) is 0 Å². The lowest BCUT2D eigenvalue weighted by Gasteiger charge is -2.23. The molecule has 306 valence electrons. The Morgan fingerprint density at radius 1 is 0.516 bits per heavy atom. The summed E-state index contributed by atoms with van der Waals surface area (Å²) in [7, 11) is 0. The van der Waals surface area contributed by atoms with Gasteiger partial charge in [-0.15, -0.1) is 0 Å². The topological polar surface area (TPSA) is 50.9 Å². The third kappa shape index (κ3) is 7.74. The maximum absolute atomic E-state index is 11.8. The molecule has 0 fully saturated rings. The Kier molecular flexibility index (Phi) is 7.86. The summed E-state index contributed by atoms with van der Waals surface area (Å²) in [4.78, 5) is 10.3. The summed E-state index contributed by atoms with van der Waals surface area (Å²) < 4.78 is 76.0. The van der Waals surface area contributed by atoms with E-state index in [4.69, 9.17) is 22.3 Å². The van der Waals surface area contributed by atoms with E-state index in [2.05, 4.69) is 98.1 Å². The smallest absolute Gasteiger partial charge is 0.149 e. The first-order valence-electron chi connectivity index (χ1n) is 25.3. The van der Waals surface area contributed by atoms with Crippen molar-refractivity contribution < 1.29 is 17.4 Å². The molecule has 0 saturated carbocycles. The van der Waals surface area contributed by atoms with Gasteiger partial charge in [-0.3, -0.25) is 9.55 Å². The van der Waals surface area contributed by atoms with Gasteiger partial charge in [0.05, 0.1) is 28.0 Å². The Bertz CT molecular complexity index is 3400. The second kappa shape index (κ2) is 15.8. The van der Waals surface area contributed by atoms with Crippen molar-refractivity contribution in [3.8, 4) is 78.6 Å². The average Bonchev–Trinajstić information content (AvgIpc) is 3.71. The van der Waals surface area contributed by atoms with Crippen LogP contribution in [0.2, 0.25) is 0 Å². The first-order chi connectivity index (χ1) is 33.5. The van der Waals surface area contributed by atoms with Gasteiger partial charge < -0.3 is 5.11 Å². The monoisotopic (exact) mass is 816 g/mol. The third-order valence-corrected chi connectivity index (χ3v) is 11.6. The van der Waals surface area contributed by atoms with Crippen LogP contribution in [0.3, 0.4) is 0 Å². The summed E-state index contributed by atoms with van der Waals surface area (Å²) in [5.41, 5.74) is 10.8. The van der Waals surface area contributed by atoms with Gasteiger partial charge in [0.1, 0.15) is 11.6 Å². The molecule has 2 heterocycles. The van der Waals surface area contributed by atoms with E-state index in [9.17, 15) is 5.11 Å². The highest BCUT2D eigenvalue weighted by Gasteiger charge is 2.25. The number of nitrogens with zero attached hydrogens (tertiary/aromatic N) is 3. The number of phenolic OH excluding ortho intramolecular Hbond substituents is 1. The predicted molar refractivity (Wildman–Crippen MR) is 260 cm³/mol. The van der Waals surface area contributed by atoms with E-state index in [1.807, 2.05) is 74.5 Å². The van der Waals surface area contributed by atoms with Crippen LogP contribution in [0.1, 0.15) is 75.9 Å². The lowest BCUT2D eigenvalue weighted by molar-refractivity contribution is 0.472. The summed E-state index contributed by atoms with van der Waals surface area (Å²) in [5.74, 6) is 0.743. The standard InChI is InChI=1S/C58H53N3O/c1-37-30-38(2)55(62)50(31-37)56-60-54-48(20-15-21-53(54)61(56)52-27-26-47(58(6,7)8)36-49(52)41-18-13-10-14-19-41)44-32-43(39-16-11-9-12-17-39)33-45(34-44)51-35-42(28-29-59-51)40-22-24-46(25-23-40)57(3,4)5/h9-36,62H,1-8H3/i3D3,4D3,5D3. The Labute approximate surface area is 378 Å². The SMILES string of the molecule is [2H]C([2H])([2H])C(c1ccc(-c2ccnc(-c3cc(-c4ccccc4)cc(-c4cccc5c4nc(-c4cc(C)cc(C)c4O)n5-c4ccc(C(C)(C)C)cc4-c4ccccc4)c3)c2)cc1)(C([2H])([2H])[2H])C([2H])([2H])[2H]. The maximum atomic E-state index is 11.8. The molecule has 7 aromatic carbocycles. The molecule has 0 aliphatic carbocycles. The van der Waals surface area contributed by atoms with Crippen molar-refractivity contribution in [1.82, 2.24) is 14.5 Å². The molecule has 0 atom stereocenters. The van der Waals surface area contributed by atoms with Crippen molar-refractivity contribution >= 4 is 11.0 Å². The van der Waals surface area contributed by atoms with Crippen LogP contribution in [0, 0.1) is 13.8 Å². The molecule has 0 aliphatic rings. The molecule has 1 N–H and O–H groups in total. The first-order valence-corrected chi connectivity index (χ1v) is 20.8. The number of hydrogen-bond donors (Lipinski definition) is 1. The number of benzene rings is 7. The lowest BCUT2D eigenvalue weighted by atomic mass is 9.85. The maximum Gasteiger partial charge on any atom is 0.149 e. The third-order valence-electron chi connectivity index (χ3n) is 11.6. The van der Waals surface area contributed by atoms with E-state index < -0.39 is 26.0 Å². The number of rotatable bonds is 7. The van der Waals surface area contributed by atoms with Gasteiger partial charge in [0.25, 0.3) is 0 Å². The molecule has 2 aromatic heterocycles. The zero-order chi connectivity index (χ0) is 50.8. The van der Waals surface area contributed by atoms with Gasteiger partial charge in [-0.05, 0) is 135 Å². The summed E-state index contributed by atoms with van der Waals surface area (Å²) in [6, 6.07) is 52.8. The van der Waals surface area contributed by atoms with E-state index in [0.29, 0.717) is 28.2 Å². The average molecular weight is 817 g/mol. The van der Waals surface area contributed by atoms with Crippen LogP contribution >= 0.6 is 0 Å². The van der Waals surface area contributed by atoms with Gasteiger partial charge in [-0.25, -0.2) is 4.98 Å². The normalized spacial score (nSPS) is 14.7. The summed E-state index contributed by atoms with van der Waals surface area (Å²) >= 11 is 0. The van der Waals surface area contributed by atoms with Crippen LogP contribution in [0.15, 0.2) is 170 Å². The lowest BCUT2D eigenvalue weighted by Crippen LogP contribution is -2.12. The number of fused-ring (bicyclic) bond motifs is 1. The minimum Gasteiger partial charge on any atom is -0.507 e. The van der Waals surface area contributed by atoms with E-state index in [1.54, 1.807) is 24.4 Å². The molecule has 0 radical (unpaired) electrons. The Balaban J connectivity index is 1.25. The highest BCUT2D eigenvalue weighted by molar-refractivity contribution is 5.98. The van der Waals surface area contributed by atoms with Crippen molar-refractivity contribution in [3.63, 3.8) is 0 Å². The molecule has 0 aliphatic heterocycles. The fourth-order valence-corrected chi connectivity index (χ4v) is 8.34. The molecular formula is C58H53N3O. The fourth-order valence-electron chi connectivity index (χ4n) is 8.34. The zero-order valence-electron chi connectivity index (χ0n) is 44.5. The molecule has 4 nitrogen and oxygen atoms in total. The van der Waals surface area contributed by atoms with E-state index in [-0.39, 0.29) is 16.7 Å². The van der Waals surface area contributed by atoms with Gasteiger partial charge in [0.15, 0.2) is 0 Å². The Morgan fingerprint density at radius 2 is 1.18 bits per heavy atom. The fraction of sp³-hybridized carbons (Fsp3) is 0.172. The number of aryl methyl sites for hydroxylation is 2. The molecule has 62 heavy (non-hydrogen) atoms. The van der Waals surface area contributed by atoms with E-state index >= 15 is 0 Å². The van der Waals surface area contributed by atoms with Crippen molar-refractivity contribution in [2.45, 2.75) is 66.0 Å². The van der Waals surface area contributed by atoms with Crippen LogP contribution in [-0.4, -0.2) is 19.6 Å². The number of aromatic hydroxyl groups is 1. The molecule has 0 spiro atoms. The number of imidazole rings is 1. The summed E-state index contributed by atoms with van der Waals surface area (Å²) in [5, 5.41) is 11.8. The van der Waals surface area contributed by atoms with Crippen molar-refractivity contribution in [1.29, 1.82) is 0 Å². The first kappa shape index (κ1) is 30.9. The number of aromatic nitrogens is 3. The van der Waals surface area contributed by atoms with Crippen LogP contribution in [0.5, 0.6) is 5.75 Å². The quantitative estimate of drug-likeness (QED) is 0.174. The molecule has 0 unspecified atom stereocenters. The molecule has 0 amide bonds. The molecule has 9 rings (SSSR count). The van der Waals surface area contributed by atoms with Crippen LogP contribution in [-0.2, 0) is 10.8 Å². The summed E-state index contributed by atoms with van der Waals surface area (Å²) in [6.07, 6.45) is 1.67. The minimum atomic E-state index is -3.37. The van der Waals surface area contributed by atoms with Gasteiger partial charge in [-0.1, -0.05) is 151 Å². The van der Waals surface area contributed by atoms with Gasteiger partial charge in [0, 0.05) is 35.2 Å². The number of phenols is 1. The molecule has 9 aromatic rings. The van der Waals surface area contributed by atoms with E-state index in [1.165, 1.54) is 17.7 Å².